The molecule has 1 aromatic rings. The van der Waals surface area contributed by atoms with E-state index in [0.717, 1.165) is 19.3 Å². The van der Waals surface area contributed by atoms with E-state index in [0.29, 0.717) is 6.42 Å². The fourth-order valence-corrected chi connectivity index (χ4v) is 2.58. The maximum atomic E-state index is 13.6. The summed E-state index contributed by atoms with van der Waals surface area (Å²) >= 11 is 0. The molecule has 0 aliphatic rings. The Morgan fingerprint density at radius 3 is 2.48 bits per heavy atom. The van der Waals surface area contributed by atoms with Crippen LogP contribution < -0.4 is 0 Å². The summed E-state index contributed by atoms with van der Waals surface area (Å²) in [5.74, 6) is 0.210. The zero-order chi connectivity index (χ0) is 19.0. The lowest BCUT2D eigenvalue weighted by molar-refractivity contribution is -0.116. The molecule has 0 amide bonds. The van der Waals surface area contributed by atoms with Gasteiger partial charge in [0.1, 0.15) is 11.5 Å². The highest BCUT2D eigenvalue weighted by Crippen LogP contribution is 2.23. The van der Waals surface area contributed by atoms with Crippen molar-refractivity contribution in [2.75, 3.05) is 0 Å². The first-order chi connectivity index (χ1) is 11.6. The molecule has 0 atom stereocenters. The Kier molecular flexibility index (Phi) is 7.95. The van der Waals surface area contributed by atoms with Crippen molar-refractivity contribution in [1.29, 1.82) is 5.41 Å². The number of rotatable bonds is 9. The molecule has 1 N–H and O–H groups in total. The molecular weight excluding hydrogens is 313 g/mol. The number of hydrogen-bond donors (Lipinski definition) is 1. The van der Waals surface area contributed by atoms with Crippen molar-refractivity contribution in [2.24, 2.45) is 0 Å². The van der Waals surface area contributed by atoms with E-state index in [-0.39, 0.29) is 11.5 Å². The molecule has 0 saturated heterocycles. The van der Waals surface area contributed by atoms with Gasteiger partial charge in [0.2, 0.25) is 0 Å². The Bertz CT molecular complexity index is 678. The van der Waals surface area contributed by atoms with E-state index in [1.165, 1.54) is 36.1 Å². The number of Topliss-reactive ketones (excluding diaryl/α,β-unsaturated/α-hetero) is 1. The zero-order valence-corrected chi connectivity index (χ0v) is 16.1. The smallest absolute Gasteiger partial charge is 0.146 e. The Morgan fingerprint density at radius 2 is 1.96 bits per heavy atom. The summed E-state index contributed by atoms with van der Waals surface area (Å²) in [6.07, 6.45) is 8.48. The maximum Gasteiger partial charge on any atom is 0.146 e. The lowest BCUT2D eigenvalue weighted by Gasteiger charge is -2.12. The summed E-state index contributed by atoms with van der Waals surface area (Å²) in [5, 5.41) is 7.64. The molecule has 3 heteroatoms. The second-order valence-electron chi connectivity index (χ2n) is 6.98. The van der Waals surface area contributed by atoms with Crippen LogP contribution in [0.5, 0.6) is 0 Å². The number of nitrogens with one attached hydrogen (secondary N) is 1. The summed E-state index contributed by atoms with van der Waals surface area (Å²) in [5.41, 5.74) is 3.25. The first-order valence-corrected chi connectivity index (χ1v) is 8.84. The van der Waals surface area contributed by atoms with Gasteiger partial charge in [-0.1, -0.05) is 30.4 Å². The van der Waals surface area contributed by atoms with Gasteiger partial charge >= 0.3 is 0 Å². The van der Waals surface area contributed by atoms with E-state index in [2.05, 4.69) is 31.2 Å². The molecule has 0 aliphatic heterocycles. The van der Waals surface area contributed by atoms with Crippen LogP contribution in [0.3, 0.4) is 0 Å². The van der Waals surface area contributed by atoms with Gasteiger partial charge in [0, 0.05) is 6.42 Å². The van der Waals surface area contributed by atoms with Gasteiger partial charge in [-0.2, -0.15) is 0 Å². The van der Waals surface area contributed by atoms with E-state index in [9.17, 15) is 9.18 Å². The van der Waals surface area contributed by atoms with Crippen molar-refractivity contribution in [3.8, 4) is 0 Å². The van der Waals surface area contributed by atoms with Crippen molar-refractivity contribution in [3.05, 3.63) is 53.1 Å². The van der Waals surface area contributed by atoms with Gasteiger partial charge in [0.05, 0.1) is 5.71 Å². The van der Waals surface area contributed by atoms with Gasteiger partial charge < -0.3 is 10.2 Å². The third kappa shape index (κ3) is 7.16. The van der Waals surface area contributed by atoms with Gasteiger partial charge in [-0.15, -0.1) is 0 Å². The number of benzene rings is 1. The van der Waals surface area contributed by atoms with Gasteiger partial charge in [0.25, 0.3) is 0 Å². The highest BCUT2D eigenvalue weighted by Gasteiger charge is 2.19. The number of carbonyl (C=O) groups is 1. The fourth-order valence-electron chi connectivity index (χ4n) is 2.58. The number of aryl methyl sites for hydroxylation is 2. The van der Waals surface area contributed by atoms with E-state index in [4.69, 9.17) is 5.41 Å². The van der Waals surface area contributed by atoms with Gasteiger partial charge in [-0.3, -0.25) is 0 Å². The SMILES string of the molecule is C/C=C(\CCC(C)=O)c1ccc(CC/C=C\C(=N)C(C)(C)F)c(C)c1. The number of alkyl halides is 1. The predicted octanol–water partition coefficient (Wildman–Crippen LogP) is 6.02. The molecule has 0 saturated carbocycles. The van der Waals surface area contributed by atoms with Gasteiger partial charge in [0.15, 0.2) is 0 Å². The minimum Gasteiger partial charge on any atom is -0.302 e. The quantitative estimate of drug-likeness (QED) is 0.547. The van der Waals surface area contributed by atoms with Crippen LogP contribution in [-0.4, -0.2) is 17.2 Å². The van der Waals surface area contributed by atoms with Crippen molar-refractivity contribution >= 4 is 17.1 Å². The number of hydrogen-bond acceptors (Lipinski definition) is 2. The van der Waals surface area contributed by atoms with E-state index in [1.54, 1.807) is 13.0 Å². The van der Waals surface area contributed by atoms with Crippen LogP contribution in [0.15, 0.2) is 36.4 Å². The van der Waals surface area contributed by atoms with Crippen LogP contribution in [0.1, 0.15) is 63.6 Å². The lowest BCUT2D eigenvalue weighted by Crippen LogP contribution is -2.22. The van der Waals surface area contributed by atoms with Crippen LogP contribution in [0.4, 0.5) is 4.39 Å². The summed E-state index contributed by atoms with van der Waals surface area (Å²) in [4.78, 5) is 11.2. The second kappa shape index (κ2) is 9.45. The first-order valence-electron chi connectivity index (χ1n) is 8.84. The minimum atomic E-state index is -1.59. The first kappa shape index (κ1) is 21.0. The van der Waals surface area contributed by atoms with Crippen LogP contribution in [0.2, 0.25) is 0 Å². The molecule has 0 fully saturated rings. The van der Waals surface area contributed by atoms with Crippen LogP contribution in [-0.2, 0) is 11.2 Å². The Hall–Kier alpha value is -2.03. The normalized spacial score (nSPS) is 12.6. The topological polar surface area (TPSA) is 40.9 Å². The summed E-state index contributed by atoms with van der Waals surface area (Å²) in [6, 6.07) is 6.40. The molecule has 0 aliphatic carbocycles. The molecule has 1 aromatic carbocycles. The largest absolute Gasteiger partial charge is 0.302 e. The molecule has 2 nitrogen and oxygen atoms in total. The molecule has 0 unspecified atom stereocenters. The van der Waals surface area contributed by atoms with Crippen LogP contribution in [0, 0.1) is 12.3 Å². The van der Waals surface area contributed by atoms with Crippen molar-refractivity contribution in [3.63, 3.8) is 0 Å². The fraction of sp³-hybridized carbons (Fsp3) is 0.455. The number of allylic oxidation sites excluding steroid dienone is 4. The Balaban J connectivity index is 2.71. The minimum absolute atomic E-state index is 0.00256. The molecule has 136 valence electrons. The highest BCUT2D eigenvalue weighted by atomic mass is 19.1. The number of ketones is 1. The molecular formula is C22H30FNO. The third-order valence-corrected chi connectivity index (χ3v) is 4.31. The summed E-state index contributed by atoms with van der Waals surface area (Å²) < 4.78 is 13.6. The monoisotopic (exact) mass is 343 g/mol. The summed E-state index contributed by atoms with van der Waals surface area (Å²) in [6.45, 7) is 8.51. The van der Waals surface area contributed by atoms with Gasteiger partial charge in [-0.25, -0.2) is 4.39 Å². The highest BCUT2D eigenvalue weighted by molar-refractivity contribution is 5.98. The van der Waals surface area contributed by atoms with Crippen LogP contribution >= 0.6 is 0 Å². The molecule has 0 heterocycles. The second-order valence-corrected chi connectivity index (χ2v) is 6.98. The summed E-state index contributed by atoms with van der Waals surface area (Å²) in [7, 11) is 0. The van der Waals surface area contributed by atoms with Crippen molar-refractivity contribution in [2.45, 2.75) is 66.0 Å². The molecule has 0 radical (unpaired) electrons. The van der Waals surface area contributed by atoms with E-state index >= 15 is 0 Å². The predicted molar refractivity (Wildman–Crippen MR) is 105 cm³/mol. The maximum absolute atomic E-state index is 13.6. The third-order valence-electron chi connectivity index (χ3n) is 4.31. The molecule has 1 rings (SSSR count). The molecule has 25 heavy (non-hydrogen) atoms. The zero-order valence-electron chi connectivity index (χ0n) is 16.1. The van der Waals surface area contributed by atoms with Crippen molar-refractivity contribution < 1.29 is 9.18 Å². The lowest BCUT2D eigenvalue weighted by atomic mass is 9.94. The molecule has 0 aromatic heterocycles. The number of halogens is 1. The molecule has 0 spiro atoms. The van der Waals surface area contributed by atoms with Gasteiger partial charge in [-0.05, 0) is 82.2 Å². The van der Waals surface area contributed by atoms with E-state index < -0.39 is 5.67 Å². The number of carbonyl (C=O) groups excluding carboxylic acids is 1. The van der Waals surface area contributed by atoms with Crippen molar-refractivity contribution in [1.82, 2.24) is 0 Å². The Morgan fingerprint density at radius 1 is 1.28 bits per heavy atom. The Labute approximate surface area is 151 Å². The van der Waals surface area contributed by atoms with E-state index in [1.807, 2.05) is 13.0 Å². The average molecular weight is 343 g/mol. The molecule has 0 bridgehead atoms. The van der Waals surface area contributed by atoms with Crippen LogP contribution in [0.25, 0.3) is 5.57 Å². The average Bonchev–Trinajstić information content (AvgIpc) is 2.52. The standard InChI is InChI=1S/C22H30FNO/c1-6-18(12-11-17(3)25)20-14-13-19(16(2)15-20)9-7-8-10-21(24)22(4,5)23/h6,8,10,13-15,24H,7,9,11-12H2,1-5H3/b10-8-,18-6+,24-21?.